The normalized spacial score (nSPS) is 20.5. The molecule has 3 aliphatic heterocycles. The smallest absolute Gasteiger partial charge is 0.320 e. The molecule has 0 saturated heterocycles. The van der Waals surface area contributed by atoms with E-state index in [1.165, 1.54) is 22.7 Å². The molecule has 4 aliphatic rings. The van der Waals surface area contributed by atoms with Crippen molar-refractivity contribution in [2.24, 2.45) is 13.0 Å². The van der Waals surface area contributed by atoms with Gasteiger partial charge in [-0.15, -0.1) is 10.2 Å². The van der Waals surface area contributed by atoms with Gasteiger partial charge in [0.25, 0.3) is 0 Å². The Morgan fingerprint density at radius 3 is 2.61 bits per heavy atom. The Morgan fingerprint density at radius 1 is 1.17 bits per heavy atom. The first-order chi connectivity index (χ1) is 19.6. The van der Waals surface area contributed by atoms with Gasteiger partial charge in [0, 0.05) is 50.7 Å². The summed E-state index contributed by atoms with van der Waals surface area (Å²) in [6, 6.07) is 7.74. The standard InChI is InChI=1S/C31H32F3N7/c1-20-6-5-9-39(15-20)16-23-12-27(31(32,33)34)28-18-40(21(2)41(28)17-23)26-11-22(14-35)10-25(13-26)29(24-7-4-8-24)30-37-36-19-38(30)3/h6,10-13,17-19,24,29H,2,4-5,7-9,15-16H2,1,3H3. The van der Waals surface area contributed by atoms with Crippen LogP contribution in [0.1, 0.15) is 55.5 Å². The maximum atomic E-state index is 14.4. The summed E-state index contributed by atoms with van der Waals surface area (Å²) in [5.41, 5.74) is 3.03. The van der Waals surface area contributed by atoms with Gasteiger partial charge >= 0.3 is 6.18 Å². The summed E-state index contributed by atoms with van der Waals surface area (Å²) in [6.45, 7) is 8.19. The first-order valence-electron chi connectivity index (χ1n) is 13.9. The van der Waals surface area contributed by atoms with Crippen molar-refractivity contribution in [3.05, 3.63) is 101 Å². The number of nitriles is 1. The van der Waals surface area contributed by atoms with Crippen LogP contribution in [-0.2, 0) is 7.05 Å². The van der Waals surface area contributed by atoms with Crippen LogP contribution in [0.2, 0.25) is 0 Å². The third-order valence-electron chi connectivity index (χ3n) is 8.44. The number of aromatic nitrogens is 3. The molecule has 10 heteroatoms. The second kappa shape index (κ2) is 10.4. The topological polar surface area (TPSA) is 64.2 Å². The number of anilines is 1. The highest BCUT2D eigenvalue weighted by Crippen LogP contribution is 2.46. The fourth-order valence-electron chi connectivity index (χ4n) is 6.24. The Kier molecular flexibility index (Phi) is 6.86. The SMILES string of the molecule is C=C1N2C=C(CN3CCC=C(C)C3)C=C(C(F)(F)F)C2=CN1c1cc(C#N)cc(C(c2nncn2C)C2CCC2)c1. The molecule has 1 aromatic heterocycles. The highest BCUT2D eigenvalue weighted by Gasteiger charge is 2.43. The van der Waals surface area contributed by atoms with Gasteiger partial charge < -0.3 is 14.4 Å². The third kappa shape index (κ3) is 5.10. The largest absolute Gasteiger partial charge is 0.418 e. The molecule has 7 nitrogen and oxygen atoms in total. The predicted molar refractivity (Wildman–Crippen MR) is 150 cm³/mol. The molecule has 2 aromatic rings. The molecule has 0 amide bonds. The Bertz CT molecular complexity index is 1550. The molecular weight excluding hydrogens is 527 g/mol. The Hall–Kier alpha value is -4.10. The van der Waals surface area contributed by atoms with Gasteiger partial charge in [0.1, 0.15) is 18.0 Å². The van der Waals surface area contributed by atoms with Gasteiger partial charge in [-0.2, -0.15) is 18.4 Å². The average Bonchev–Trinajstić information content (AvgIpc) is 3.47. The highest BCUT2D eigenvalue weighted by molar-refractivity contribution is 5.66. The maximum Gasteiger partial charge on any atom is 0.418 e. The van der Waals surface area contributed by atoms with Crippen LogP contribution in [-0.4, -0.2) is 50.4 Å². The van der Waals surface area contributed by atoms with Gasteiger partial charge in [-0.05, 0) is 67.5 Å². The Labute approximate surface area is 237 Å². The van der Waals surface area contributed by atoms with E-state index in [0.29, 0.717) is 35.1 Å². The number of hydrogen-bond donors (Lipinski definition) is 0. The van der Waals surface area contributed by atoms with E-state index in [-0.39, 0.29) is 11.6 Å². The molecule has 1 atom stereocenters. The van der Waals surface area contributed by atoms with E-state index < -0.39 is 11.7 Å². The lowest BCUT2D eigenvalue weighted by molar-refractivity contribution is -0.0909. The van der Waals surface area contributed by atoms with Crippen LogP contribution >= 0.6 is 0 Å². The zero-order chi connectivity index (χ0) is 28.9. The van der Waals surface area contributed by atoms with Gasteiger partial charge in [0.2, 0.25) is 0 Å². The van der Waals surface area contributed by atoms with E-state index in [9.17, 15) is 18.4 Å². The third-order valence-corrected chi connectivity index (χ3v) is 8.44. The zero-order valence-electron chi connectivity index (χ0n) is 23.2. The number of alkyl halides is 3. The number of nitrogens with zero attached hydrogens (tertiary/aromatic N) is 7. The number of halogens is 3. The zero-order valence-corrected chi connectivity index (χ0v) is 23.2. The first kappa shape index (κ1) is 27.1. The Balaban J connectivity index is 1.37. The number of rotatable bonds is 6. The summed E-state index contributed by atoms with van der Waals surface area (Å²) < 4.78 is 45.0. The van der Waals surface area contributed by atoms with Gasteiger partial charge in [0.15, 0.2) is 0 Å². The van der Waals surface area contributed by atoms with E-state index in [0.717, 1.165) is 50.2 Å². The van der Waals surface area contributed by atoms with Crippen LogP contribution < -0.4 is 4.90 Å². The fourth-order valence-corrected chi connectivity index (χ4v) is 6.24. The molecular formula is C31H32F3N7. The van der Waals surface area contributed by atoms with Crippen molar-refractivity contribution in [1.82, 2.24) is 24.6 Å². The summed E-state index contributed by atoms with van der Waals surface area (Å²) in [5.74, 6) is 1.46. The molecule has 212 valence electrons. The van der Waals surface area contributed by atoms with Crippen LogP contribution in [0.3, 0.4) is 0 Å². The second-order valence-corrected chi connectivity index (χ2v) is 11.4. The van der Waals surface area contributed by atoms with Crippen LogP contribution in [0.15, 0.2) is 83.9 Å². The molecule has 0 radical (unpaired) electrons. The van der Waals surface area contributed by atoms with Crippen molar-refractivity contribution in [2.45, 2.75) is 44.7 Å². The molecule has 41 heavy (non-hydrogen) atoms. The average molecular weight is 560 g/mol. The first-order valence-corrected chi connectivity index (χ1v) is 13.9. The van der Waals surface area contributed by atoms with Gasteiger partial charge in [-0.3, -0.25) is 4.90 Å². The van der Waals surface area contributed by atoms with E-state index >= 15 is 0 Å². The molecule has 0 bridgehead atoms. The monoisotopic (exact) mass is 559 g/mol. The minimum absolute atomic E-state index is 0.0220. The molecule has 1 unspecified atom stereocenters. The van der Waals surface area contributed by atoms with E-state index in [2.05, 4.69) is 33.8 Å². The molecule has 4 heterocycles. The molecule has 1 aliphatic carbocycles. The summed E-state index contributed by atoms with van der Waals surface area (Å²) in [4.78, 5) is 5.34. The van der Waals surface area contributed by atoms with Gasteiger partial charge in [-0.25, -0.2) is 0 Å². The molecule has 1 saturated carbocycles. The van der Waals surface area contributed by atoms with Crippen LogP contribution in [0, 0.1) is 17.2 Å². The highest BCUT2D eigenvalue weighted by atomic mass is 19.4. The van der Waals surface area contributed by atoms with E-state index in [1.807, 2.05) is 30.7 Å². The predicted octanol–water partition coefficient (Wildman–Crippen LogP) is 6.09. The van der Waals surface area contributed by atoms with Crippen molar-refractivity contribution in [3.63, 3.8) is 0 Å². The molecule has 1 aromatic carbocycles. The minimum Gasteiger partial charge on any atom is -0.320 e. The number of benzene rings is 1. The van der Waals surface area contributed by atoms with Gasteiger partial charge in [-0.1, -0.05) is 24.6 Å². The molecule has 0 spiro atoms. The summed E-state index contributed by atoms with van der Waals surface area (Å²) in [5, 5.41) is 18.4. The van der Waals surface area contributed by atoms with Crippen LogP contribution in [0.5, 0.6) is 0 Å². The molecule has 6 rings (SSSR count). The summed E-state index contributed by atoms with van der Waals surface area (Å²) in [6.07, 6.45) is 7.87. The van der Waals surface area contributed by atoms with Crippen molar-refractivity contribution < 1.29 is 13.2 Å². The van der Waals surface area contributed by atoms with Crippen molar-refractivity contribution in [1.29, 1.82) is 5.26 Å². The van der Waals surface area contributed by atoms with Gasteiger partial charge in [0.05, 0.1) is 22.9 Å². The number of allylic oxidation sites excluding steroid dienone is 1. The van der Waals surface area contributed by atoms with Crippen LogP contribution in [0.25, 0.3) is 0 Å². The van der Waals surface area contributed by atoms with Crippen molar-refractivity contribution in [2.75, 3.05) is 24.5 Å². The quantitative estimate of drug-likeness (QED) is 0.399. The van der Waals surface area contributed by atoms with Crippen molar-refractivity contribution >= 4 is 5.69 Å². The Morgan fingerprint density at radius 2 is 1.98 bits per heavy atom. The fraction of sp³-hybridized carbons (Fsp3) is 0.387. The van der Waals surface area contributed by atoms with Crippen LogP contribution in [0.4, 0.5) is 18.9 Å². The number of fused-ring (bicyclic) bond motifs is 1. The summed E-state index contributed by atoms with van der Waals surface area (Å²) in [7, 11) is 1.90. The summed E-state index contributed by atoms with van der Waals surface area (Å²) >= 11 is 0. The van der Waals surface area contributed by atoms with Crippen molar-refractivity contribution in [3.8, 4) is 6.07 Å². The molecule has 0 N–H and O–H groups in total. The van der Waals surface area contributed by atoms with E-state index in [4.69, 9.17) is 0 Å². The number of aryl methyl sites for hydroxylation is 1. The van der Waals surface area contributed by atoms with E-state index in [1.54, 1.807) is 23.5 Å². The lowest BCUT2D eigenvalue weighted by Crippen LogP contribution is -2.33. The maximum absolute atomic E-state index is 14.4. The second-order valence-electron chi connectivity index (χ2n) is 11.4. The number of hydrogen-bond acceptors (Lipinski definition) is 6. The lowest BCUT2D eigenvalue weighted by atomic mass is 9.72. The lowest BCUT2D eigenvalue weighted by Gasteiger charge is -2.34. The minimum atomic E-state index is -4.54. The molecule has 1 fully saturated rings.